The largest absolute Gasteiger partial charge is 0.467 e. The molecule has 1 saturated carbocycles. The molecule has 1 fully saturated rings. The summed E-state index contributed by atoms with van der Waals surface area (Å²) in [6, 6.07) is 3.53. The Bertz CT molecular complexity index is 312. The average molecular weight is 239 g/mol. The lowest BCUT2D eigenvalue weighted by Gasteiger charge is -2.28. The van der Waals surface area contributed by atoms with Gasteiger partial charge in [0.1, 0.15) is 11.9 Å². The normalized spacial score (nSPS) is 26.9. The highest BCUT2D eigenvalue weighted by molar-refractivity contribution is 5.02. The van der Waals surface area contributed by atoms with Gasteiger partial charge >= 0.3 is 0 Å². The van der Waals surface area contributed by atoms with Gasteiger partial charge in [0.25, 0.3) is 0 Å². The molecule has 96 valence electrons. The number of nitrogens with one attached hydrogen (secondary N) is 1. The Labute approximate surface area is 102 Å². The smallest absolute Gasteiger partial charge is 0.133 e. The van der Waals surface area contributed by atoms with E-state index in [9.17, 15) is 10.2 Å². The molecule has 0 aromatic carbocycles. The first-order valence-electron chi connectivity index (χ1n) is 6.37. The molecule has 1 aromatic heterocycles. The van der Waals surface area contributed by atoms with E-state index in [0.29, 0.717) is 18.2 Å². The van der Waals surface area contributed by atoms with Crippen LogP contribution in [0.1, 0.15) is 37.5 Å². The van der Waals surface area contributed by atoms with Crippen LogP contribution in [0.15, 0.2) is 22.8 Å². The molecule has 3 unspecified atom stereocenters. The topological polar surface area (TPSA) is 65.6 Å². The number of aliphatic hydroxyl groups excluding tert-OH is 2. The van der Waals surface area contributed by atoms with Gasteiger partial charge in [0, 0.05) is 13.1 Å². The Morgan fingerprint density at radius 3 is 2.94 bits per heavy atom. The maximum Gasteiger partial charge on any atom is 0.133 e. The Morgan fingerprint density at radius 1 is 1.41 bits per heavy atom. The maximum absolute atomic E-state index is 9.80. The lowest BCUT2D eigenvalue weighted by atomic mass is 9.86. The molecule has 1 aliphatic carbocycles. The van der Waals surface area contributed by atoms with Crippen LogP contribution in [0.2, 0.25) is 0 Å². The van der Waals surface area contributed by atoms with Gasteiger partial charge in [-0.25, -0.2) is 0 Å². The number of aliphatic hydroxyl groups is 2. The Kier molecular flexibility index (Phi) is 4.59. The highest BCUT2D eigenvalue weighted by atomic mass is 16.4. The fourth-order valence-electron chi connectivity index (χ4n) is 2.41. The van der Waals surface area contributed by atoms with E-state index in [1.54, 1.807) is 18.4 Å². The molecule has 0 saturated heterocycles. The van der Waals surface area contributed by atoms with Gasteiger partial charge in [-0.3, -0.25) is 0 Å². The molecule has 17 heavy (non-hydrogen) atoms. The third kappa shape index (κ3) is 3.56. The van der Waals surface area contributed by atoms with Gasteiger partial charge in [0.05, 0.1) is 12.4 Å². The Morgan fingerprint density at radius 2 is 2.24 bits per heavy atom. The van der Waals surface area contributed by atoms with E-state index in [-0.39, 0.29) is 6.10 Å². The standard InChI is InChI=1S/C13H21NO3/c15-11-5-2-1-4-10(11)8-14-9-12(16)13-6-3-7-17-13/h3,6-7,10-12,14-16H,1-2,4-5,8-9H2. The van der Waals surface area contributed by atoms with Crippen molar-refractivity contribution in [2.24, 2.45) is 5.92 Å². The van der Waals surface area contributed by atoms with E-state index < -0.39 is 6.10 Å². The van der Waals surface area contributed by atoms with Crippen molar-refractivity contribution in [1.29, 1.82) is 0 Å². The van der Waals surface area contributed by atoms with E-state index in [2.05, 4.69) is 5.32 Å². The fraction of sp³-hybridized carbons (Fsp3) is 0.692. The fourth-order valence-corrected chi connectivity index (χ4v) is 2.41. The molecule has 4 heteroatoms. The summed E-state index contributed by atoms with van der Waals surface area (Å²) in [6.45, 7) is 1.23. The van der Waals surface area contributed by atoms with Gasteiger partial charge in [-0.15, -0.1) is 0 Å². The second-order valence-electron chi connectivity index (χ2n) is 4.80. The first kappa shape index (κ1) is 12.6. The maximum atomic E-state index is 9.80. The zero-order valence-electron chi connectivity index (χ0n) is 10.0. The van der Waals surface area contributed by atoms with E-state index in [4.69, 9.17) is 4.42 Å². The number of hydrogen-bond donors (Lipinski definition) is 3. The summed E-state index contributed by atoms with van der Waals surface area (Å²) in [7, 11) is 0. The van der Waals surface area contributed by atoms with Gasteiger partial charge in [0.2, 0.25) is 0 Å². The molecule has 0 radical (unpaired) electrons. The predicted molar refractivity (Wildman–Crippen MR) is 64.5 cm³/mol. The molecule has 3 atom stereocenters. The first-order chi connectivity index (χ1) is 8.27. The molecule has 4 nitrogen and oxygen atoms in total. The summed E-state index contributed by atoms with van der Waals surface area (Å²) in [4.78, 5) is 0. The minimum absolute atomic E-state index is 0.183. The summed E-state index contributed by atoms with van der Waals surface area (Å²) in [5.74, 6) is 0.911. The van der Waals surface area contributed by atoms with Gasteiger partial charge in [0.15, 0.2) is 0 Å². The van der Waals surface area contributed by atoms with Gasteiger partial charge in [-0.2, -0.15) is 0 Å². The summed E-state index contributed by atoms with van der Waals surface area (Å²) >= 11 is 0. The summed E-state index contributed by atoms with van der Waals surface area (Å²) in [6.07, 6.45) is 5.08. The first-order valence-corrected chi connectivity index (χ1v) is 6.37. The molecule has 0 aliphatic heterocycles. The molecule has 0 spiro atoms. The molecule has 2 rings (SSSR count). The summed E-state index contributed by atoms with van der Waals surface area (Å²) in [5.41, 5.74) is 0. The van der Waals surface area contributed by atoms with Crippen LogP contribution in [-0.2, 0) is 0 Å². The van der Waals surface area contributed by atoms with Crippen LogP contribution in [0, 0.1) is 5.92 Å². The number of furan rings is 1. The highest BCUT2D eigenvalue weighted by Crippen LogP contribution is 2.23. The highest BCUT2D eigenvalue weighted by Gasteiger charge is 2.22. The zero-order chi connectivity index (χ0) is 12.1. The van der Waals surface area contributed by atoms with Crippen molar-refractivity contribution in [3.8, 4) is 0 Å². The van der Waals surface area contributed by atoms with Crippen LogP contribution in [-0.4, -0.2) is 29.4 Å². The minimum Gasteiger partial charge on any atom is -0.467 e. The molecule has 1 heterocycles. The number of rotatable bonds is 5. The van der Waals surface area contributed by atoms with Crippen LogP contribution in [0.25, 0.3) is 0 Å². The zero-order valence-corrected chi connectivity index (χ0v) is 10.0. The van der Waals surface area contributed by atoms with Crippen molar-refractivity contribution in [2.75, 3.05) is 13.1 Å². The average Bonchev–Trinajstić information content (AvgIpc) is 2.85. The van der Waals surface area contributed by atoms with Crippen LogP contribution in [0.3, 0.4) is 0 Å². The summed E-state index contributed by atoms with van der Waals surface area (Å²) in [5, 5.41) is 22.8. The quantitative estimate of drug-likeness (QED) is 0.727. The number of hydrogen-bond acceptors (Lipinski definition) is 4. The van der Waals surface area contributed by atoms with Crippen molar-refractivity contribution >= 4 is 0 Å². The third-order valence-corrected chi connectivity index (χ3v) is 3.48. The van der Waals surface area contributed by atoms with Crippen LogP contribution in [0.4, 0.5) is 0 Å². The lowest BCUT2D eigenvalue weighted by Crippen LogP contribution is -2.35. The second-order valence-corrected chi connectivity index (χ2v) is 4.80. The van der Waals surface area contributed by atoms with Gasteiger partial charge in [-0.1, -0.05) is 12.8 Å². The molecule has 1 aromatic rings. The second kappa shape index (κ2) is 6.19. The molecule has 3 N–H and O–H groups in total. The lowest BCUT2D eigenvalue weighted by molar-refractivity contribution is 0.0660. The van der Waals surface area contributed by atoms with Crippen LogP contribution < -0.4 is 5.32 Å². The van der Waals surface area contributed by atoms with E-state index in [0.717, 1.165) is 25.8 Å². The SMILES string of the molecule is OC(CNCC1CCCCC1O)c1ccco1. The Hall–Kier alpha value is -0.840. The van der Waals surface area contributed by atoms with Crippen molar-refractivity contribution < 1.29 is 14.6 Å². The molecular formula is C13H21NO3. The van der Waals surface area contributed by atoms with E-state index in [1.807, 2.05) is 0 Å². The van der Waals surface area contributed by atoms with Crippen molar-refractivity contribution in [3.05, 3.63) is 24.2 Å². The molecule has 1 aliphatic rings. The summed E-state index contributed by atoms with van der Waals surface area (Å²) < 4.78 is 5.12. The Balaban J connectivity index is 1.68. The van der Waals surface area contributed by atoms with Gasteiger partial charge in [-0.05, 0) is 30.9 Å². The third-order valence-electron chi connectivity index (χ3n) is 3.48. The van der Waals surface area contributed by atoms with Gasteiger partial charge < -0.3 is 19.9 Å². The van der Waals surface area contributed by atoms with Crippen molar-refractivity contribution in [3.63, 3.8) is 0 Å². The molecule has 0 bridgehead atoms. The monoisotopic (exact) mass is 239 g/mol. The van der Waals surface area contributed by atoms with Crippen molar-refractivity contribution in [1.82, 2.24) is 5.32 Å². The van der Waals surface area contributed by atoms with Crippen LogP contribution >= 0.6 is 0 Å². The van der Waals surface area contributed by atoms with Crippen molar-refractivity contribution in [2.45, 2.75) is 37.9 Å². The molecular weight excluding hydrogens is 218 g/mol. The minimum atomic E-state index is -0.606. The predicted octanol–water partition coefficient (Wildman–Crippen LogP) is 1.45. The van der Waals surface area contributed by atoms with E-state index >= 15 is 0 Å². The molecule has 0 amide bonds. The van der Waals surface area contributed by atoms with Crippen LogP contribution in [0.5, 0.6) is 0 Å². The van der Waals surface area contributed by atoms with E-state index in [1.165, 1.54) is 6.42 Å².